The third-order valence-corrected chi connectivity index (χ3v) is 9.20. The van der Waals surface area contributed by atoms with Gasteiger partial charge in [-0.05, 0) is 38.5 Å². The third kappa shape index (κ3) is 36.0. The van der Waals surface area contributed by atoms with E-state index >= 15 is 0 Å². The van der Waals surface area contributed by atoms with Crippen LogP contribution in [-0.2, 0) is 32.7 Å². The first-order valence-electron chi connectivity index (χ1n) is 19.7. The highest BCUT2D eigenvalue weighted by Crippen LogP contribution is 2.38. The van der Waals surface area contributed by atoms with E-state index in [4.69, 9.17) is 18.5 Å². The lowest BCUT2D eigenvalue weighted by molar-refractivity contribution is -0.870. The molecule has 0 aliphatic rings. The van der Waals surface area contributed by atoms with E-state index in [1.165, 1.54) is 83.1 Å². The Bertz CT molecular complexity index is 959. The fourth-order valence-electron chi connectivity index (χ4n) is 5.07. The zero-order chi connectivity index (χ0) is 37.2. The minimum atomic E-state index is -4.64. The lowest BCUT2D eigenvalue weighted by Gasteiger charge is -2.28. The summed E-state index contributed by atoms with van der Waals surface area (Å²) in [7, 11) is 1.10. The standard InChI is InChI=1S/C40H74NO8P/c1-6-8-10-12-14-16-18-19-20-21-23-25-27-29-31-33-40(43)49-38(37-48-50(44,45)47-35-34-41(3,4)5)36-46-39(42)32-30-28-26-24-22-17-15-13-11-9-7-2/h13,15,27,29,31,33,38H,6-12,14,16-26,28,30,32,34-37H2,1-5H3/b15-13+,29-27+,33-31+/t38-/m1/s1. The van der Waals surface area contributed by atoms with Crippen LogP contribution in [0.1, 0.15) is 155 Å². The monoisotopic (exact) mass is 728 g/mol. The largest absolute Gasteiger partial charge is 0.756 e. The zero-order valence-electron chi connectivity index (χ0n) is 32.6. The predicted molar refractivity (Wildman–Crippen MR) is 204 cm³/mol. The van der Waals surface area contributed by atoms with Gasteiger partial charge in [0.25, 0.3) is 7.82 Å². The number of phosphoric acid groups is 1. The van der Waals surface area contributed by atoms with Crippen LogP contribution in [-0.4, -0.2) is 70.0 Å². The third-order valence-electron chi connectivity index (χ3n) is 8.24. The van der Waals surface area contributed by atoms with Crippen LogP contribution in [0.2, 0.25) is 0 Å². The zero-order valence-corrected chi connectivity index (χ0v) is 33.5. The maximum Gasteiger partial charge on any atom is 0.331 e. The van der Waals surface area contributed by atoms with Gasteiger partial charge in [0.1, 0.15) is 19.8 Å². The molecule has 0 radical (unpaired) electrons. The topological polar surface area (TPSA) is 111 Å². The van der Waals surface area contributed by atoms with Crippen LogP contribution in [0, 0.1) is 0 Å². The summed E-state index contributed by atoms with van der Waals surface area (Å²) in [6.45, 7) is 4.03. The highest BCUT2D eigenvalue weighted by Gasteiger charge is 2.21. The van der Waals surface area contributed by atoms with Crippen LogP contribution >= 0.6 is 7.82 Å². The van der Waals surface area contributed by atoms with Gasteiger partial charge in [-0.15, -0.1) is 0 Å². The SMILES string of the molecule is CCCC/C=C/CCCCCCCC(=O)OC[C@H](COP(=O)([O-])OCC[N+](C)(C)C)OC(=O)/C=C/C=C/CCCCCCCCCCCCC. The summed E-state index contributed by atoms with van der Waals surface area (Å²) in [5.74, 6) is -1.10. The summed E-state index contributed by atoms with van der Waals surface area (Å²) >= 11 is 0. The van der Waals surface area contributed by atoms with E-state index in [0.29, 0.717) is 17.4 Å². The number of hydrogen-bond acceptors (Lipinski definition) is 8. The molecule has 9 nitrogen and oxygen atoms in total. The number of nitrogens with zero attached hydrogens (tertiary/aromatic N) is 1. The number of phosphoric ester groups is 1. The fourth-order valence-corrected chi connectivity index (χ4v) is 5.80. The van der Waals surface area contributed by atoms with Crippen molar-refractivity contribution in [1.29, 1.82) is 0 Å². The van der Waals surface area contributed by atoms with E-state index in [1.54, 1.807) is 12.2 Å². The lowest BCUT2D eigenvalue weighted by Crippen LogP contribution is -2.37. The smallest absolute Gasteiger partial charge is 0.331 e. The molecule has 10 heteroatoms. The molecule has 0 aromatic carbocycles. The van der Waals surface area contributed by atoms with E-state index in [-0.39, 0.29) is 19.6 Å². The number of allylic oxidation sites excluding steroid dienone is 5. The van der Waals surface area contributed by atoms with Crippen molar-refractivity contribution in [3.8, 4) is 0 Å². The van der Waals surface area contributed by atoms with Crippen LogP contribution in [0.15, 0.2) is 36.5 Å². The molecule has 0 aliphatic heterocycles. The second kappa shape index (κ2) is 33.1. The highest BCUT2D eigenvalue weighted by molar-refractivity contribution is 7.45. The van der Waals surface area contributed by atoms with Gasteiger partial charge in [-0.25, -0.2) is 4.79 Å². The van der Waals surface area contributed by atoms with E-state index in [0.717, 1.165) is 51.4 Å². The van der Waals surface area contributed by atoms with Crippen LogP contribution < -0.4 is 4.89 Å². The Kier molecular flexibility index (Phi) is 31.9. The number of hydrogen-bond donors (Lipinski definition) is 0. The van der Waals surface area contributed by atoms with E-state index in [1.807, 2.05) is 27.2 Å². The van der Waals surface area contributed by atoms with Crippen LogP contribution in [0.3, 0.4) is 0 Å². The second-order valence-corrected chi connectivity index (χ2v) is 15.8. The number of quaternary nitrogens is 1. The number of carbonyl (C=O) groups excluding carboxylic acids is 2. The maximum absolute atomic E-state index is 12.5. The van der Waals surface area contributed by atoms with Gasteiger partial charge in [0.15, 0.2) is 6.10 Å². The Balaban J connectivity index is 4.55. The first-order chi connectivity index (χ1) is 24.0. The van der Waals surface area contributed by atoms with Crippen molar-refractivity contribution in [3.63, 3.8) is 0 Å². The van der Waals surface area contributed by atoms with Crippen molar-refractivity contribution in [2.45, 2.75) is 161 Å². The van der Waals surface area contributed by atoms with Gasteiger partial charge in [0.2, 0.25) is 0 Å². The second-order valence-electron chi connectivity index (χ2n) is 14.4. The van der Waals surface area contributed by atoms with Crippen LogP contribution in [0.4, 0.5) is 0 Å². The number of esters is 2. The minimum absolute atomic E-state index is 0.0480. The summed E-state index contributed by atoms with van der Waals surface area (Å²) in [6.07, 6.45) is 35.2. The quantitative estimate of drug-likeness (QED) is 0.0121. The highest BCUT2D eigenvalue weighted by atomic mass is 31.2. The molecule has 0 bridgehead atoms. The fraction of sp³-hybridized carbons (Fsp3) is 0.800. The molecule has 0 aliphatic carbocycles. The van der Waals surface area contributed by atoms with Gasteiger partial charge in [-0.3, -0.25) is 9.36 Å². The predicted octanol–water partition coefficient (Wildman–Crippen LogP) is 9.94. The molecule has 292 valence electrons. The summed E-state index contributed by atoms with van der Waals surface area (Å²) < 4.78 is 33.5. The van der Waals surface area contributed by atoms with Crippen molar-refractivity contribution in [3.05, 3.63) is 36.5 Å². The van der Waals surface area contributed by atoms with Gasteiger partial charge in [0.05, 0.1) is 27.7 Å². The number of rotatable bonds is 35. The molecule has 0 aromatic rings. The molecular formula is C40H74NO8P. The van der Waals surface area contributed by atoms with E-state index < -0.39 is 32.5 Å². The Morgan fingerprint density at radius 1 is 0.660 bits per heavy atom. The van der Waals surface area contributed by atoms with Gasteiger partial charge in [-0.2, -0.15) is 0 Å². The Labute approximate surface area is 306 Å². The molecule has 0 saturated carbocycles. The van der Waals surface area contributed by atoms with Gasteiger partial charge in [0, 0.05) is 12.5 Å². The summed E-state index contributed by atoms with van der Waals surface area (Å²) in [5.41, 5.74) is 0. The molecule has 0 rings (SSSR count). The molecule has 0 saturated heterocycles. The normalized spacial score (nSPS) is 14.1. The maximum atomic E-state index is 12.5. The van der Waals surface area contributed by atoms with Crippen LogP contribution in [0.25, 0.3) is 0 Å². The molecule has 0 heterocycles. The van der Waals surface area contributed by atoms with Crippen molar-refractivity contribution in [2.75, 3.05) is 47.5 Å². The van der Waals surface area contributed by atoms with Gasteiger partial charge in [-0.1, -0.05) is 141 Å². The molecule has 0 fully saturated rings. The van der Waals surface area contributed by atoms with E-state index in [9.17, 15) is 19.0 Å². The number of unbranched alkanes of at least 4 members (excludes halogenated alkanes) is 18. The van der Waals surface area contributed by atoms with Crippen molar-refractivity contribution < 1.29 is 42.1 Å². The number of carbonyl (C=O) groups is 2. The van der Waals surface area contributed by atoms with Crippen molar-refractivity contribution in [1.82, 2.24) is 0 Å². The summed E-state index contributed by atoms with van der Waals surface area (Å²) in [4.78, 5) is 37.2. The molecule has 0 amide bonds. The lowest BCUT2D eigenvalue weighted by atomic mass is 10.1. The molecule has 50 heavy (non-hydrogen) atoms. The molecule has 1 unspecified atom stereocenters. The van der Waals surface area contributed by atoms with Gasteiger partial charge < -0.3 is 27.9 Å². The van der Waals surface area contributed by atoms with Crippen LogP contribution in [0.5, 0.6) is 0 Å². The van der Waals surface area contributed by atoms with Gasteiger partial charge >= 0.3 is 11.9 Å². The number of likely N-dealkylation sites (N-methyl/N-ethyl adjacent to an activating group) is 1. The Morgan fingerprint density at radius 3 is 1.76 bits per heavy atom. The average molecular weight is 728 g/mol. The average Bonchev–Trinajstić information content (AvgIpc) is 3.06. The molecule has 0 aromatic heterocycles. The Morgan fingerprint density at radius 2 is 1.18 bits per heavy atom. The first-order valence-corrected chi connectivity index (χ1v) is 21.2. The summed E-state index contributed by atoms with van der Waals surface area (Å²) in [6, 6.07) is 0. The molecule has 2 atom stereocenters. The van der Waals surface area contributed by atoms with Crippen molar-refractivity contribution in [2.24, 2.45) is 0 Å². The molecule has 0 N–H and O–H groups in total. The molecular weight excluding hydrogens is 653 g/mol. The first kappa shape index (κ1) is 48.2. The Hall–Kier alpha value is -1.77. The molecule has 0 spiro atoms. The number of ether oxygens (including phenoxy) is 2. The minimum Gasteiger partial charge on any atom is -0.756 e. The van der Waals surface area contributed by atoms with E-state index in [2.05, 4.69) is 26.0 Å². The summed E-state index contributed by atoms with van der Waals surface area (Å²) in [5, 5.41) is 0. The van der Waals surface area contributed by atoms with Crippen molar-refractivity contribution >= 4 is 19.8 Å².